The first-order valence-electron chi connectivity index (χ1n) is 7.24. The summed E-state index contributed by atoms with van der Waals surface area (Å²) in [6.07, 6.45) is 8.48. The van der Waals surface area contributed by atoms with E-state index in [1.54, 1.807) is 16.8 Å². The Morgan fingerprint density at radius 1 is 1.30 bits per heavy atom. The van der Waals surface area contributed by atoms with Crippen molar-refractivity contribution < 1.29 is 4.79 Å². The third kappa shape index (κ3) is 3.05. The number of benzene rings is 1. The predicted octanol–water partition coefficient (Wildman–Crippen LogP) is 3.90. The molecule has 0 unspecified atom stereocenters. The van der Waals surface area contributed by atoms with Crippen LogP contribution in [0.1, 0.15) is 37.7 Å². The van der Waals surface area contributed by atoms with Gasteiger partial charge in [-0.1, -0.05) is 19.3 Å². The number of hydrogen-bond acceptors (Lipinski definition) is 3. The van der Waals surface area contributed by atoms with Gasteiger partial charge in [0, 0.05) is 27.6 Å². The molecule has 1 amide bonds. The van der Waals surface area contributed by atoms with Crippen LogP contribution in [0, 0.1) is 0 Å². The van der Waals surface area contributed by atoms with Gasteiger partial charge in [-0.05, 0) is 64.8 Å². The third-order valence-corrected chi connectivity index (χ3v) is 6.06. The zero-order chi connectivity index (χ0) is 13.9. The largest absolute Gasteiger partial charge is 0.314 e. The topological polar surface area (TPSA) is 32.3 Å². The highest BCUT2D eigenvalue weighted by molar-refractivity contribution is 9.10. The summed E-state index contributed by atoms with van der Waals surface area (Å²) in [6, 6.07) is 4.90. The van der Waals surface area contributed by atoms with Gasteiger partial charge in [0.15, 0.2) is 0 Å². The molecule has 1 aliphatic heterocycles. The third-order valence-electron chi connectivity index (χ3n) is 4.13. The maximum absolute atomic E-state index is 11.1. The van der Waals surface area contributed by atoms with Gasteiger partial charge in [-0.2, -0.15) is 0 Å². The van der Waals surface area contributed by atoms with Crippen LogP contribution in [0.15, 0.2) is 21.5 Å². The monoisotopic (exact) mass is 354 g/mol. The van der Waals surface area contributed by atoms with Crippen molar-refractivity contribution in [1.29, 1.82) is 0 Å². The Morgan fingerprint density at radius 2 is 2.10 bits per heavy atom. The number of nitrogens with zero attached hydrogens (tertiary/aromatic N) is 1. The molecule has 1 saturated carbocycles. The minimum atomic E-state index is 0.621. The zero-order valence-electron chi connectivity index (χ0n) is 11.4. The molecule has 2 aliphatic rings. The Bertz CT molecular complexity index is 503. The van der Waals surface area contributed by atoms with E-state index in [1.807, 2.05) is 0 Å². The standard InChI is InChI=1S/C15H19BrN2OS/c16-13-8-11-6-7-18(10-19)14(11)9-15(13)20-17-12-4-2-1-3-5-12/h8-10,12,17H,1-7H2. The van der Waals surface area contributed by atoms with Crippen molar-refractivity contribution in [2.75, 3.05) is 11.4 Å². The highest BCUT2D eigenvalue weighted by Gasteiger charge is 2.21. The van der Waals surface area contributed by atoms with Gasteiger partial charge in [0.1, 0.15) is 0 Å². The fourth-order valence-corrected chi connectivity index (χ4v) is 4.46. The quantitative estimate of drug-likeness (QED) is 0.657. The van der Waals surface area contributed by atoms with Crippen LogP contribution in [0.3, 0.4) is 0 Å². The molecule has 0 saturated heterocycles. The Labute approximate surface area is 132 Å². The van der Waals surface area contributed by atoms with Crippen molar-refractivity contribution in [3.05, 3.63) is 22.2 Å². The fourth-order valence-electron chi connectivity index (χ4n) is 2.97. The van der Waals surface area contributed by atoms with Crippen LogP contribution in [0.25, 0.3) is 0 Å². The normalized spacial score (nSPS) is 19.1. The Morgan fingerprint density at radius 3 is 2.85 bits per heavy atom. The lowest BCUT2D eigenvalue weighted by molar-refractivity contribution is -0.107. The van der Waals surface area contributed by atoms with Crippen molar-refractivity contribution in [2.45, 2.75) is 49.5 Å². The lowest BCUT2D eigenvalue weighted by Gasteiger charge is -2.22. The molecule has 5 heteroatoms. The van der Waals surface area contributed by atoms with Crippen molar-refractivity contribution >= 4 is 40.0 Å². The van der Waals surface area contributed by atoms with Gasteiger partial charge in [0.05, 0.1) is 0 Å². The molecule has 3 nitrogen and oxygen atoms in total. The van der Waals surface area contributed by atoms with E-state index in [9.17, 15) is 4.79 Å². The second kappa shape index (κ2) is 6.50. The number of fused-ring (bicyclic) bond motifs is 1. The first kappa shape index (κ1) is 14.4. The number of hydrogen-bond donors (Lipinski definition) is 1. The predicted molar refractivity (Wildman–Crippen MR) is 87.1 cm³/mol. The number of amides is 1. The number of nitrogens with one attached hydrogen (secondary N) is 1. The molecule has 1 N–H and O–H groups in total. The smallest absolute Gasteiger partial charge is 0.214 e. The summed E-state index contributed by atoms with van der Waals surface area (Å²) in [4.78, 5) is 14.0. The second-order valence-electron chi connectivity index (χ2n) is 5.51. The lowest BCUT2D eigenvalue weighted by Crippen LogP contribution is -2.25. The van der Waals surface area contributed by atoms with Crippen LogP contribution in [0.2, 0.25) is 0 Å². The first-order chi connectivity index (χ1) is 9.78. The van der Waals surface area contributed by atoms with E-state index in [1.165, 1.54) is 42.6 Å². The lowest BCUT2D eigenvalue weighted by atomic mass is 9.96. The summed E-state index contributed by atoms with van der Waals surface area (Å²) >= 11 is 5.34. The Kier molecular flexibility index (Phi) is 4.68. The molecular formula is C15H19BrN2OS. The molecule has 1 aromatic rings. The molecule has 0 atom stereocenters. The van der Waals surface area contributed by atoms with Crippen molar-refractivity contribution in [1.82, 2.24) is 4.72 Å². The molecule has 1 aliphatic carbocycles. The second-order valence-corrected chi connectivity index (χ2v) is 7.25. The van der Waals surface area contributed by atoms with Gasteiger partial charge in [0.2, 0.25) is 6.41 Å². The van der Waals surface area contributed by atoms with Crippen LogP contribution in [-0.4, -0.2) is 19.0 Å². The van der Waals surface area contributed by atoms with E-state index in [-0.39, 0.29) is 0 Å². The highest BCUT2D eigenvalue weighted by atomic mass is 79.9. The number of rotatable bonds is 4. The van der Waals surface area contributed by atoms with Crippen molar-refractivity contribution in [2.24, 2.45) is 0 Å². The average Bonchev–Trinajstić information content (AvgIpc) is 2.87. The molecule has 1 heterocycles. The van der Waals surface area contributed by atoms with Crippen LogP contribution in [0.5, 0.6) is 0 Å². The number of anilines is 1. The van der Waals surface area contributed by atoms with Crippen molar-refractivity contribution in [3.63, 3.8) is 0 Å². The van der Waals surface area contributed by atoms with E-state index >= 15 is 0 Å². The summed E-state index contributed by atoms with van der Waals surface area (Å²) in [7, 11) is 0. The molecule has 108 valence electrons. The summed E-state index contributed by atoms with van der Waals surface area (Å²) < 4.78 is 4.71. The molecule has 20 heavy (non-hydrogen) atoms. The molecule has 0 bridgehead atoms. The minimum absolute atomic E-state index is 0.621. The molecule has 0 spiro atoms. The number of carbonyl (C=O) groups is 1. The Hall–Kier alpha value is -0.520. The zero-order valence-corrected chi connectivity index (χ0v) is 13.8. The average molecular weight is 355 g/mol. The van der Waals surface area contributed by atoms with Crippen molar-refractivity contribution in [3.8, 4) is 0 Å². The van der Waals surface area contributed by atoms with Gasteiger partial charge in [0.25, 0.3) is 0 Å². The molecule has 0 radical (unpaired) electrons. The summed E-state index contributed by atoms with van der Waals surface area (Å²) in [6.45, 7) is 0.801. The van der Waals surface area contributed by atoms with Gasteiger partial charge in [-0.3, -0.25) is 9.52 Å². The first-order valence-corrected chi connectivity index (χ1v) is 8.85. The summed E-state index contributed by atoms with van der Waals surface area (Å²) in [5, 5.41) is 0. The van der Waals surface area contributed by atoms with E-state index in [0.717, 1.165) is 29.5 Å². The van der Waals surface area contributed by atoms with E-state index in [4.69, 9.17) is 0 Å². The SMILES string of the molecule is O=CN1CCc2cc(Br)c(SNC3CCCCC3)cc21. The number of halogens is 1. The van der Waals surface area contributed by atoms with E-state index in [0.29, 0.717) is 6.04 Å². The van der Waals surface area contributed by atoms with Crippen LogP contribution in [-0.2, 0) is 11.2 Å². The van der Waals surface area contributed by atoms with Gasteiger partial charge in [-0.25, -0.2) is 0 Å². The molecule has 1 aromatic carbocycles. The van der Waals surface area contributed by atoms with Crippen LogP contribution >= 0.6 is 27.9 Å². The van der Waals surface area contributed by atoms with Gasteiger partial charge in [-0.15, -0.1) is 0 Å². The molecule has 3 rings (SSSR count). The summed E-state index contributed by atoms with van der Waals surface area (Å²) in [5.74, 6) is 0. The minimum Gasteiger partial charge on any atom is -0.314 e. The maximum Gasteiger partial charge on any atom is 0.214 e. The highest BCUT2D eigenvalue weighted by Crippen LogP contribution is 2.37. The molecule has 0 aromatic heterocycles. The summed E-state index contributed by atoms with van der Waals surface area (Å²) in [5.41, 5.74) is 2.32. The maximum atomic E-state index is 11.1. The molecular weight excluding hydrogens is 336 g/mol. The van der Waals surface area contributed by atoms with Crippen LogP contribution in [0.4, 0.5) is 5.69 Å². The Balaban J connectivity index is 1.71. The van der Waals surface area contributed by atoms with E-state index < -0.39 is 0 Å². The van der Waals surface area contributed by atoms with Gasteiger partial charge < -0.3 is 4.90 Å². The fraction of sp³-hybridized carbons (Fsp3) is 0.533. The van der Waals surface area contributed by atoms with Crippen LogP contribution < -0.4 is 9.62 Å². The number of carbonyl (C=O) groups excluding carboxylic acids is 1. The molecule has 1 fully saturated rings. The van der Waals surface area contributed by atoms with Gasteiger partial charge >= 0.3 is 0 Å². The van der Waals surface area contributed by atoms with E-state index in [2.05, 4.69) is 32.8 Å².